The zero-order chi connectivity index (χ0) is 8.15. The lowest BCUT2D eigenvalue weighted by atomic mass is 9.99. The second-order valence-corrected chi connectivity index (χ2v) is 2.33. The van der Waals surface area contributed by atoms with E-state index in [4.69, 9.17) is 10.8 Å². The van der Waals surface area contributed by atoms with E-state index in [0.717, 1.165) is 0 Å². The van der Waals surface area contributed by atoms with Gasteiger partial charge in [0.2, 0.25) is 0 Å². The molecule has 0 unspecified atom stereocenters. The second-order valence-electron chi connectivity index (χ2n) is 2.33. The molecule has 58 valence electrons. The van der Waals surface area contributed by atoms with Crippen molar-refractivity contribution in [2.75, 3.05) is 0 Å². The van der Waals surface area contributed by atoms with Crippen molar-refractivity contribution in [2.24, 2.45) is 11.7 Å². The molecule has 0 aromatic carbocycles. The highest BCUT2D eigenvalue weighted by atomic mass is 16.4. The Morgan fingerprint density at radius 1 is 1.90 bits per heavy atom. The maximum Gasteiger partial charge on any atom is 0.308 e. The molecule has 0 saturated carbocycles. The molecular weight excluding hydrogens is 130 g/mol. The Bertz CT molecular complexity index is 132. The monoisotopic (exact) mass is 143 g/mol. The molecule has 10 heavy (non-hydrogen) atoms. The van der Waals surface area contributed by atoms with Gasteiger partial charge in [0.1, 0.15) is 0 Å². The average Bonchev–Trinajstić information content (AvgIpc) is 1.81. The van der Waals surface area contributed by atoms with Crippen LogP contribution in [-0.4, -0.2) is 17.1 Å². The van der Waals surface area contributed by atoms with E-state index in [-0.39, 0.29) is 6.04 Å². The number of rotatable bonds is 4. The summed E-state index contributed by atoms with van der Waals surface area (Å²) >= 11 is 0. The van der Waals surface area contributed by atoms with Crippen molar-refractivity contribution in [3.8, 4) is 0 Å². The Morgan fingerprint density at radius 3 is 2.50 bits per heavy atom. The maximum atomic E-state index is 10.4. The first-order valence-electron chi connectivity index (χ1n) is 3.19. The van der Waals surface area contributed by atoms with Crippen LogP contribution in [0, 0.1) is 5.92 Å². The lowest BCUT2D eigenvalue weighted by molar-refractivity contribution is -0.142. The van der Waals surface area contributed by atoms with E-state index in [9.17, 15) is 4.79 Å². The fraction of sp³-hybridized carbons (Fsp3) is 0.571. The molecule has 0 aliphatic rings. The summed E-state index contributed by atoms with van der Waals surface area (Å²) in [6, 6.07) is -0.310. The van der Waals surface area contributed by atoms with Gasteiger partial charge >= 0.3 is 5.97 Å². The van der Waals surface area contributed by atoms with E-state index in [0.29, 0.717) is 6.42 Å². The Labute approximate surface area is 60.5 Å². The van der Waals surface area contributed by atoms with Crippen molar-refractivity contribution in [2.45, 2.75) is 19.4 Å². The summed E-state index contributed by atoms with van der Waals surface area (Å²) in [7, 11) is 0. The van der Waals surface area contributed by atoms with Crippen molar-refractivity contribution in [3.63, 3.8) is 0 Å². The molecule has 0 rings (SSSR count). The van der Waals surface area contributed by atoms with Crippen LogP contribution in [0.2, 0.25) is 0 Å². The van der Waals surface area contributed by atoms with Crippen LogP contribution in [0.5, 0.6) is 0 Å². The topological polar surface area (TPSA) is 63.3 Å². The summed E-state index contributed by atoms with van der Waals surface area (Å²) in [5.74, 6) is -1.34. The zero-order valence-electron chi connectivity index (χ0n) is 6.08. The summed E-state index contributed by atoms with van der Waals surface area (Å²) in [6.45, 7) is 5.13. The Balaban J connectivity index is 3.97. The van der Waals surface area contributed by atoms with Gasteiger partial charge in [0.25, 0.3) is 0 Å². The molecule has 0 fully saturated rings. The third-order valence-corrected chi connectivity index (χ3v) is 1.37. The summed E-state index contributed by atoms with van der Waals surface area (Å²) < 4.78 is 0. The smallest absolute Gasteiger partial charge is 0.308 e. The van der Waals surface area contributed by atoms with Crippen molar-refractivity contribution >= 4 is 5.97 Å². The second kappa shape index (κ2) is 4.06. The number of hydrogen-bond donors (Lipinski definition) is 2. The average molecular weight is 143 g/mol. The first-order chi connectivity index (χ1) is 4.59. The molecule has 3 heteroatoms. The van der Waals surface area contributed by atoms with Crippen LogP contribution in [0.4, 0.5) is 0 Å². The van der Waals surface area contributed by atoms with E-state index in [2.05, 4.69) is 6.58 Å². The van der Waals surface area contributed by atoms with Crippen LogP contribution >= 0.6 is 0 Å². The molecule has 0 aromatic rings. The van der Waals surface area contributed by atoms with E-state index in [1.54, 1.807) is 13.0 Å². The fourth-order valence-corrected chi connectivity index (χ4v) is 0.720. The minimum absolute atomic E-state index is 0.310. The zero-order valence-corrected chi connectivity index (χ0v) is 6.08. The summed E-state index contributed by atoms with van der Waals surface area (Å²) in [6.07, 6.45) is 2.01. The lowest BCUT2D eigenvalue weighted by Gasteiger charge is -2.12. The van der Waals surface area contributed by atoms with Crippen molar-refractivity contribution in [3.05, 3.63) is 12.7 Å². The molecular formula is C7H13NO2. The van der Waals surface area contributed by atoms with Crippen LogP contribution in [0.25, 0.3) is 0 Å². The SMILES string of the molecule is C=CC[C@H](C(=O)O)[C@H](C)N. The number of allylic oxidation sites excluding steroid dienone is 1. The van der Waals surface area contributed by atoms with Crippen molar-refractivity contribution in [1.29, 1.82) is 0 Å². The summed E-state index contributed by atoms with van der Waals surface area (Å²) in [5, 5.41) is 8.55. The van der Waals surface area contributed by atoms with Gasteiger partial charge in [-0.3, -0.25) is 4.79 Å². The lowest BCUT2D eigenvalue weighted by Crippen LogP contribution is -2.32. The van der Waals surface area contributed by atoms with E-state index in [1.165, 1.54) is 0 Å². The van der Waals surface area contributed by atoms with Crippen molar-refractivity contribution in [1.82, 2.24) is 0 Å². The Kier molecular flexibility index (Phi) is 3.72. The van der Waals surface area contributed by atoms with Crippen LogP contribution in [-0.2, 0) is 4.79 Å². The van der Waals surface area contributed by atoms with Crippen LogP contribution in [0.15, 0.2) is 12.7 Å². The number of carbonyl (C=O) groups is 1. The fourth-order valence-electron chi connectivity index (χ4n) is 0.720. The predicted octanol–water partition coefficient (Wildman–Crippen LogP) is 0.611. The van der Waals surface area contributed by atoms with Crippen LogP contribution in [0.1, 0.15) is 13.3 Å². The third kappa shape index (κ3) is 2.64. The molecule has 0 heterocycles. The molecule has 3 nitrogen and oxygen atoms in total. The molecule has 0 aliphatic carbocycles. The molecule has 0 spiro atoms. The quantitative estimate of drug-likeness (QED) is 0.567. The van der Waals surface area contributed by atoms with Crippen LogP contribution in [0.3, 0.4) is 0 Å². The van der Waals surface area contributed by atoms with E-state index in [1.807, 2.05) is 0 Å². The molecule has 3 N–H and O–H groups in total. The van der Waals surface area contributed by atoms with E-state index >= 15 is 0 Å². The molecule has 0 amide bonds. The van der Waals surface area contributed by atoms with Gasteiger partial charge in [0.05, 0.1) is 5.92 Å². The number of nitrogens with two attached hydrogens (primary N) is 1. The predicted molar refractivity (Wildman–Crippen MR) is 39.6 cm³/mol. The van der Waals surface area contributed by atoms with Gasteiger partial charge in [-0.25, -0.2) is 0 Å². The highest BCUT2D eigenvalue weighted by molar-refractivity contribution is 5.70. The van der Waals surface area contributed by atoms with Gasteiger partial charge in [0, 0.05) is 6.04 Å². The standard InChI is InChI=1S/C7H13NO2/c1-3-4-6(5(2)8)7(9)10/h3,5-6H,1,4,8H2,2H3,(H,9,10)/t5-,6-/m0/s1. The van der Waals surface area contributed by atoms with Gasteiger partial charge < -0.3 is 10.8 Å². The Morgan fingerprint density at radius 2 is 2.40 bits per heavy atom. The highest BCUT2D eigenvalue weighted by Gasteiger charge is 2.19. The first-order valence-corrected chi connectivity index (χ1v) is 3.19. The molecule has 0 bridgehead atoms. The first kappa shape index (κ1) is 9.17. The number of carboxylic acid groups (broad SMARTS) is 1. The molecule has 0 aliphatic heterocycles. The number of aliphatic carboxylic acids is 1. The molecule has 2 atom stereocenters. The third-order valence-electron chi connectivity index (χ3n) is 1.37. The van der Waals surface area contributed by atoms with Gasteiger partial charge in [0.15, 0.2) is 0 Å². The van der Waals surface area contributed by atoms with Gasteiger partial charge in [-0.15, -0.1) is 6.58 Å². The van der Waals surface area contributed by atoms with Crippen molar-refractivity contribution < 1.29 is 9.90 Å². The maximum absolute atomic E-state index is 10.4. The minimum Gasteiger partial charge on any atom is -0.481 e. The number of carboxylic acids is 1. The highest BCUT2D eigenvalue weighted by Crippen LogP contribution is 2.07. The number of hydrogen-bond acceptors (Lipinski definition) is 2. The normalized spacial score (nSPS) is 15.8. The van der Waals surface area contributed by atoms with Gasteiger partial charge in [-0.05, 0) is 13.3 Å². The van der Waals surface area contributed by atoms with Crippen LogP contribution < -0.4 is 5.73 Å². The van der Waals surface area contributed by atoms with Gasteiger partial charge in [-0.2, -0.15) is 0 Å². The minimum atomic E-state index is -0.852. The van der Waals surface area contributed by atoms with E-state index < -0.39 is 11.9 Å². The summed E-state index contributed by atoms with van der Waals surface area (Å²) in [4.78, 5) is 10.4. The largest absolute Gasteiger partial charge is 0.481 e. The molecule has 0 saturated heterocycles. The Hall–Kier alpha value is -0.830. The summed E-state index contributed by atoms with van der Waals surface area (Å²) in [5.41, 5.74) is 5.40. The van der Waals surface area contributed by atoms with Gasteiger partial charge in [-0.1, -0.05) is 6.08 Å². The molecule has 0 radical (unpaired) electrons. The molecule has 0 aromatic heterocycles.